The molecule has 0 fully saturated rings. The van der Waals surface area contributed by atoms with E-state index in [4.69, 9.17) is 5.41 Å². The molecule has 0 atom stereocenters. The van der Waals surface area contributed by atoms with E-state index in [1.54, 1.807) is 0 Å². The fourth-order valence-corrected chi connectivity index (χ4v) is 0.150. The summed E-state index contributed by atoms with van der Waals surface area (Å²) in [6, 6.07) is 0. The van der Waals surface area contributed by atoms with Crippen LogP contribution in [-0.4, -0.2) is 22.3 Å². The monoisotopic (exact) mass is 135 g/mol. The maximum absolute atomic E-state index is 9.68. The highest BCUT2D eigenvalue weighted by atomic mass is 32.1. The second-order valence-corrected chi connectivity index (χ2v) is 1.51. The Labute approximate surface area is 51.3 Å². The number of nitrogens with zero attached hydrogens (tertiary/aromatic N) is 2. The molecule has 6 heteroatoms. The molecule has 0 unspecified atom stereocenters. The van der Waals surface area contributed by atoms with E-state index in [-0.39, 0.29) is 5.17 Å². The number of nitro groups is 1. The van der Waals surface area contributed by atoms with Crippen molar-refractivity contribution in [2.45, 2.75) is 0 Å². The number of hydrogen-bond acceptors (Lipinski definition) is 3. The van der Waals surface area contributed by atoms with Crippen LogP contribution in [-0.2, 0) is 0 Å². The molecule has 0 aliphatic carbocycles. The largest absolute Gasteiger partial charge is 0.274 e. The molecule has 0 saturated carbocycles. The summed E-state index contributed by atoms with van der Waals surface area (Å²) in [5, 5.41) is 15.7. The van der Waals surface area contributed by atoms with Gasteiger partial charge in [-0.3, -0.25) is 5.41 Å². The third-order valence-electron chi connectivity index (χ3n) is 0.551. The van der Waals surface area contributed by atoms with Crippen molar-refractivity contribution in [1.29, 1.82) is 5.41 Å². The molecule has 0 saturated heterocycles. The Morgan fingerprint density at radius 1 is 2.00 bits per heavy atom. The van der Waals surface area contributed by atoms with Gasteiger partial charge in [-0.2, -0.15) is 0 Å². The summed E-state index contributed by atoms with van der Waals surface area (Å²) in [6.45, 7) is 0. The van der Waals surface area contributed by atoms with Crippen LogP contribution in [0.4, 0.5) is 0 Å². The predicted octanol–water partition coefficient (Wildman–Crippen LogP) is -0.0255. The first-order valence-electron chi connectivity index (χ1n) is 1.71. The topological polar surface area (TPSA) is 70.2 Å². The van der Waals surface area contributed by atoms with Gasteiger partial charge < -0.3 is 0 Å². The van der Waals surface area contributed by atoms with E-state index in [1.807, 2.05) is 0 Å². The van der Waals surface area contributed by atoms with Gasteiger partial charge in [-0.05, 0) is 0 Å². The minimum atomic E-state index is -0.727. The van der Waals surface area contributed by atoms with Crippen molar-refractivity contribution in [3.63, 3.8) is 0 Å². The average molecular weight is 135 g/mol. The molecule has 0 bridgehead atoms. The van der Waals surface area contributed by atoms with Crippen molar-refractivity contribution in [1.82, 2.24) is 5.01 Å². The van der Waals surface area contributed by atoms with E-state index in [2.05, 4.69) is 12.6 Å². The molecule has 0 aliphatic heterocycles. The molecule has 0 aromatic rings. The van der Waals surface area contributed by atoms with Gasteiger partial charge in [-0.25, -0.2) is 10.1 Å². The zero-order chi connectivity index (χ0) is 6.73. The summed E-state index contributed by atoms with van der Waals surface area (Å²) in [6.07, 6.45) is 0. The first-order chi connectivity index (χ1) is 3.55. The third kappa shape index (κ3) is 1.78. The van der Waals surface area contributed by atoms with Gasteiger partial charge in [0.25, 0.3) is 0 Å². The standard InChI is InChI=1S/C2H5N3O2S/c1-4(2(3)8)5(6)7/h1H3,(H2,3,8). The second-order valence-electron chi connectivity index (χ2n) is 1.09. The van der Waals surface area contributed by atoms with Gasteiger partial charge in [0.15, 0.2) is 5.03 Å². The fraction of sp³-hybridized carbons (Fsp3) is 0.500. The van der Waals surface area contributed by atoms with Crippen molar-refractivity contribution in [2.24, 2.45) is 0 Å². The third-order valence-corrected chi connectivity index (χ3v) is 0.841. The molecular formula is C2H5N3O2S. The Hall–Kier alpha value is -0.780. The van der Waals surface area contributed by atoms with Crippen LogP contribution in [0.5, 0.6) is 0 Å². The Morgan fingerprint density at radius 2 is 2.38 bits per heavy atom. The summed E-state index contributed by atoms with van der Waals surface area (Å²) in [4.78, 5) is 9.68. The number of rotatable bonds is 1. The van der Waals surface area contributed by atoms with E-state index in [0.717, 1.165) is 7.05 Å². The Bertz CT molecular complexity index is 110. The molecule has 0 aromatic carbocycles. The number of hydrazine groups is 1. The van der Waals surface area contributed by atoms with Gasteiger partial charge in [-0.1, -0.05) is 5.01 Å². The van der Waals surface area contributed by atoms with Crippen LogP contribution in [0.3, 0.4) is 0 Å². The summed E-state index contributed by atoms with van der Waals surface area (Å²) in [5.41, 5.74) is 0. The fourth-order valence-electron chi connectivity index (χ4n) is 0.0773. The van der Waals surface area contributed by atoms with Crippen LogP contribution >= 0.6 is 12.6 Å². The summed E-state index contributed by atoms with van der Waals surface area (Å²) < 4.78 is 0. The Morgan fingerprint density at radius 3 is 2.38 bits per heavy atom. The molecule has 0 rings (SSSR count). The van der Waals surface area contributed by atoms with Crippen LogP contribution < -0.4 is 0 Å². The first kappa shape index (κ1) is 7.22. The molecule has 0 amide bonds. The molecule has 0 aliphatic rings. The van der Waals surface area contributed by atoms with E-state index in [9.17, 15) is 10.1 Å². The van der Waals surface area contributed by atoms with Crippen LogP contribution in [0.25, 0.3) is 0 Å². The zero-order valence-corrected chi connectivity index (χ0v) is 5.05. The highest BCUT2D eigenvalue weighted by molar-refractivity contribution is 7.96. The van der Waals surface area contributed by atoms with Crippen molar-refractivity contribution < 1.29 is 5.03 Å². The lowest BCUT2D eigenvalue weighted by Crippen LogP contribution is -2.27. The molecule has 8 heavy (non-hydrogen) atoms. The molecule has 46 valence electrons. The smallest absolute Gasteiger partial charge is 0.217 e. The SMILES string of the molecule is CN(C(=N)S)[N+](=O)[O-]. The Kier molecular flexibility index (Phi) is 2.26. The first-order valence-corrected chi connectivity index (χ1v) is 2.16. The lowest BCUT2D eigenvalue weighted by Gasteiger charge is -2.01. The summed E-state index contributed by atoms with van der Waals surface area (Å²) >= 11 is 3.40. The number of hydrogen-bond donors (Lipinski definition) is 2. The van der Waals surface area contributed by atoms with Crippen molar-refractivity contribution in [3.05, 3.63) is 10.1 Å². The summed E-state index contributed by atoms with van der Waals surface area (Å²) in [5.74, 6) is 0. The number of nitrogens with one attached hydrogen (secondary N) is 1. The van der Waals surface area contributed by atoms with Crippen LogP contribution in [0, 0.1) is 15.5 Å². The van der Waals surface area contributed by atoms with Crippen LogP contribution in [0.15, 0.2) is 0 Å². The van der Waals surface area contributed by atoms with E-state index in [1.165, 1.54) is 0 Å². The molecule has 0 heterocycles. The van der Waals surface area contributed by atoms with Gasteiger partial charge >= 0.3 is 0 Å². The van der Waals surface area contributed by atoms with Gasteiger partial charge in [0.1, 0.15) is 0 Å². The van der Waals surface area contributed by atoms with Crippen LogP contribution in [0.1, 0.15) is 0 Å². The van der Waals surface area contributed by atoms with Crippen molar-refractivity contribution in [2.75, 3.05) is 7.05 Å². The highest BCUT2D eigenvalue weighted by Gasteiger charge is 2.07. The maximum atomic E-state index is 9.68. The molecule has 1 N–H and O–H groups in total. The minimum Gasteiger partial charge on any atom is -0.274 e. The maximum Gasteiger partial charge on any atom is 0.217 e. The molecule has 0 radical (unpaired) electrons. The zero-order valence-electron chi connectivity index (χ0n) is 4.16. The highest BCUT2D eigenvalue weighted by Crippen LogP contribution is 1.86. The minimum absolute atomic E-state index is 0.380. The molecule has 5 nitrogen and oxygen atoms in total. The number of amidine groups is 1. The number of thiol groups is 1. The van der Waals surface area contributed by atoms with Crippen molar-refractivity contribution in [3.8, 4) is 0 Å². The lowest BCUT2D eigenvalue weighted by molar-refractivity contribution is -0.621. The van der Waals surface area contributed by atoms with E-state index < -0.39 is 5.03 Å². The van der Waals surface area contributed by atoms with E-state index in [0.29, 0.717) is 5.01 Å². The molecule has 0 spiro atoms. The predicted molar refractivity (Wildman–Crippen MR) is 31.5 cm³/mol. The van der Waals surface area contributed by atoms with Crippen LogP contribution in [0.2, 0.25) is 0 Å². The molecular weight excluding hydrogens is 130 g/mol. The van der Waals surface area contributed by atoms with Gasteiger partial charge in [0, 0.05) is 0 Å². The summed E-state index contributed by atoms with van der Waals surface area (Å²) in [7, 11) is 1.15. The lowest BCUT2D eigenvalue weighted by atomic mass is 11.1. The van der Waals surface area contributed by atoms with Gasteiger partial charge in [-0.15, -0.1) is 12.6 Å². The quantitative estimate of drug-likeness (QED) is 0.174. The Balaban J connectivity index is 3.83. The molecule has 0 aromatic heterocycles. The van der Waals surface area contributed by atoms with E-state index >= 15 is 0 Å². The average Bonchev–Trinajstić information content (AvgIpc) is 1.64. The van der Waals surface area contributed by atoms with Crippen molar-refractivity contribution >= 4 is 17.8 Å². The second kappa shape index (κ2) is 2.51. The van der Waals surface area contributed by atoms with Gasteiger partial charge in [0.05, 0.1) is 7.05 Å². The normalized spacial score (nSPS) is 8.25. The van der Waals surface area contributed by atoms with Gasteiger partial charge in [0.2, 0.25) is 5.17 Å².